The Hall–Kier alpha value is -1.59. The van der Waals surface area contributed by atoms with Gasteiger partial charge in [-0.2, -0.15) is 0 Å². The van der Waals surface area contributed by atoms with Gasteiger partial charge in [-0.05, 0) is 44.9 Å². The van der Waals surface area contributed by atoms with E-state index in [1.807, 2.05) is 6.08 Å². The molecular formula is C74H141NO8. The third kappa shape index (κ3) is 52.1. The van der Waals surface area contributed by atoms with Crippen LogP contribution in [0.5, 0.6) is 0 Å². The first-order chi connectivity index (χ1) is 40.8. The van der Waals surface area contributed by atoms with E-state index in [1.54, 1.807) is 6.08 Å². The van der Waals surface area contributed by atoms with Crippen molar-refractivity contribution in [1.29, 1.82) is 0 Å². The van der Waals surface area contributed by atoms with Crippen molar-refractivity contribution in [3.8, 4) is 0 Å². The zero-order valence-electron chi connectivity index (χ0n) is 55.0. The van der Waals surface area contributed by atoms with Gasteiger partial charge in [-0.1, -0.05) is 359 Å². The van der Waals surface area contributed by atoms with E-state index in [-0.39, 0.29) is 12.5 Å². The molecule has 1 aliphatic rings. The molecule has 0 radical (unpaired) electrons. The van der Waals surface area contributed by atoms with E-state index < -0.39 is 49.5 Å². The Morgan fingerprint density at radius 3 is 1.01 bits per heavy atom. The lowest BCUT2D eigenvalue weighted by Crippen LogP contribution is -2.60. The minimum absolute atomic E-state index is 0.183. The van der Waals surface area contributed by atoms with Crippen molar-refractivity contribution in [2.24, 2.45) is 0 Å². The third-order valence-electron chi connectivity index (χ3n) is 17.7. The molecule has 1 amide bonds. The molecule has 0 aromatic heterocycles. The third-order valence-corrected chi connectivity index (χ3v) is 17.7. The highest BCUT2D eigenvalue weighted by atomic mass is 16.7. The fourth-order valence-electron chi connectivity index (χ4n) is 12.0. The number of amides is 1. The maximum absolute atomic E-state index is 13.1. The predicted octanol–water partition coefficient (Wildman–Crippen LogP) is 20.2. The van der Waals surface area contributed by atoms with Crippen molar-refractivity contribution in [2.75, 3.05) is 13.2 Å². The number of aliphatic hydroxyl groups is 5. The number of hydrogen-bond donors (Lipinski definition) is 6. The van der Waals surface area contributed by atoms with Gasteiger partial charge < -0.3 is 40.3 Å². The van der Waals surface area contributed by atoms with E-state index in [4.69, 9.17) is 9.47 Å². The number of allylic oxidation sites excluding steroid dienone is 5. The number of nitrogens with one attached hydrogen (secondary N) is 1. The van der Waals surface area contributed by atoms with Crippen molar-refractivity contribution in [3.63, 3.8) is 0 Å². The molecule has 9 nitrogen and oxygen atoms in total. The highest BCUT2D eigenvalue weighted by molar-refractivity contribution is 5.76. The van der Waals surface area contributed by atoms with E-state index in [9.17, 15) is 30.3 Å². The van der Waals surface area contributed by atoms with Gasteiger partial charge in [0, 0.05) is 6.42 Å². The molecule has 0 aromatic rings. The fourth-order valence-corrected chi connectivity index (χ4v) is 12.0. The minimum atomic E-state index is -1.57. The number of ether oxygens (including phenoxy) is 2. The maximum Gasteiger partial charge on any atom is 0.220 e. The number of rotatable bonds is 65. The first-order valence-corrected chi connectivity index (χ1v) is 36.7. The van der Waals surface area contributed by atoms with Gasteiger partial charge in [0.1, 0.15) is 24.4 Å². The summed E-state index contributed by atoms with van der Waals surface area (Å²) in [5, 5.41) is 54.7. The topological polar surface area (TPSA) is 149 Å². The average Bonchev–Trinajstić information content (AvgIpc) is 3.61. The fraction of sp³-hybridized carbons (Fsp3) is 0.905. The van der Waals surface area contributed by atoms with E-state index in [0.717, 1.165) is 44.9 Å². The molecule has 1 fully saturated rings. The Morgan fingerprint density at radius 2 is 0.687 bits per heavy atom. The summed E-state index contributed by atoms with van der Waals surface area (Å²) in [5.41, 5.74) is 0. The second kappa shape index (κ2) is 63.4. The van der Waals surface area contributed by atoms with Gasteiger partial charge in [-0.25, -0.2) is 0 Å². The van der Waals surface area contributed by atoms with Crippen LogP contribution in [0.4, 0.5) is 0 Å². The molecule has 0 bridgehead atoms. The predicted molar refractivity (Wildman–Crippen MR) is 355 cm³/mol. The van der Waals surface area contributed by atoms with E-state index in [1.165, 1.54) is 308 Å². The Morgan fingerprint density at radius 1 is 0.398 bits per heavy atom. The first kappa shape index (κ1) is 79.4. The van der Waals surface area contributed by atoms with Crippen molar-refractivity contribution in [3.05, 3.63) is 36.5 Å². The lowest BCUT2D eigenvalue weighted by Gasteiger charge is -2.40. The number of aliphatic hydroxyl groups excluding tert-OH is 5. The van der Waals surface area contributed by atoms with Crippen LogP contribution >= 0.6 is 0 Å². The summed E-state index contributed by atoms with van der Waals surface area (Å²) >= 11 is 0. The summed E-state index contributed by atoms with van der Waals surface area (Å²) in [4.78, 5) is 13.1. The Kier molecular flexibility index (Phi) is 60.7. The second-order valence-corrected chi connectivity index (χ2v) is 25.7. The molecular weight excluding hydrogens is 1030 g/mol. The number of carbonyl (C=O) groups is 1. The van der Waals surface area contributed by atoms with E-state index >= 15 is 0 Å². The number of carbonyl (C=O) groups excluding carboxylic acids is 1. The van der Waals surface area contributed by atoms with Gasteiger partial charge in [0.05, 0.1) is 25.4 Å². The van der Waals surface area contributed by atoms with Crippen LogP contribution in [0.15, 0.2) is 36.5 Å². The quantitative estimate of drug-likeness (QED) is 0.0261. The molecule has 9 heteroatoms. The lowest BCUT2D eigenvalue weighted by molar-refractivity contribution is -0.302. The molecule has 0 spiro atoms. The average molecular weight is 1170 g/mol. The van der Waals surface area contributed by atoms with E-state index in [2.05, 4.69) is 43.5 Å². The van der Waals surface area contributed by atoms with Crippen LogP contribution in [0, 0.1) is 0 Å². The molecule has 1 saturated heterocycles. The van der Waals surface area contributed by atoms with Gasteiger partial charge in [0.2, 0.25) is 5.91 Å². The summed E-state index contributed by atoms with van der Waals surface area (Å²) in [6.07, 6.45) is 78.5. The molecule has 1 aliphatic heterocycles. The highest BCUT2D eigenvalue weighted by Gasteiger charge is 2.44. The highest BCUT2D eigenvalue weighted by Crippen LogP contribution is 2.24. The SMILES string of the molecule is CCCCCCCCCCCCCCCCC/C=C/CC/C=C/CC/C=C/C(O)C(COC1OC(CO)C(O)C(O)C1O)NC(=O)CCCCCCCCCCCCCCCCCCCCCCCCCCCCCCCCCCCCC. The van der Waals surface area contributed by atoms with Crippen LogP contribution in [0.2, 0.25) is 0 Å². The molecule has 490 valence electrons. The molecule has 0 aliphatic carbocycles. The van der Waals surface area contributed by atoms with Gasteiger partial charge in [0.15, 0.2) is 6.29 Å². The standard InChI is InChI=1S/C74H141NO8/c1-3-5-7-9-11-13-15-17-19-21-23-25-27-29-30-31-32-33-34-35-36-37-38-40-42-44-46-48-50-52-54-56-58-60-62-64-70(78)75-67(66-82-74-73(81)72(80)71(79)69(65-76)83-74)68(77)63-61-59-57-55-53-51-49-47-45-43-41-39-28-26-24-22-20-18-16-14-12-10-8-6-4-2/h45,47,53,55,61,63,67-69,71-74,76-77,79-81H,3-44,46,48-52,54,56-60,62,64-66H2,1-2H3,(H,75,78)/b47-45+,55-53+,63-61+. The van der Waals surface area contributed by atoms with Crippen LogP contribution in [-0.4, -0.2) is 87.5 Å². The van der Waals surface area contributed by atoms with Crippen molar-refractivity contribution >= 4 is 5.91 Å². The Labute approximate surface area is 514 Å². The Bertz CT molecular complexity index is 1410. The van der Waals surface area contributed by atoms with Gasteiger partial charge in [-0.15, -0.1) is 0 Å². The van der Waals surface area contributed by atoms with Gasteiger partial charge >= 0.3 is 0 Å². The molecule has 6 N–H and O–H groups in total. The van der Waals surface area contributed by atoms with Crippen molar-refractivity contribution in [2.45, 2.75) is 416 Å². The molecule has 7 atom stereocenters. The van der Waals surface area contributed by atoms with Crippen molar-refractivity contribution < 1.29 is 39.8 Å². The molecule has 1 heterocycles. The zero-order chi connectivity index (χ0) is 60.0. The second-order valence-electron chi connectivity index (χ2n) is 25.7. The maximum atomic E-state index is 13.1. The number of unbranched alkanes of at least 4 members (excludes halogenated alkanes) is 51. The summed E-state index contributed by atoms with van der Waals surface area (Å²) in [6.45, 7) is 3.82. The van der Waals surface area contributed by atoms with Crippen LogP contribution in [-0.2, 0) is 14.3 Å². The molecule has 0 aromatic carbocycles. The van der Waals surface area contributed by atoms with Gasteiger partial charge in [0.25, 0.3) is 0 Å². The minimum Gasteiger partial charge on any atom is -0.394 e. The van der Waals surface area contributed by atoms with Crippen LogP contribution < -0.4 is 5.32 Å². The summed E-state index contributed by atoms with van der Waals surface area (Å²) in [7, 11) is 0. The summed E-state index contributed by atoms with van der Waals surface area (Å²) in [5.74, 6) is -0.183. The van der Waals surface area contributed by atoms with Crippen molar-refractivity contribution in [1.82, 2.24) is 5.32 Å². The summed E-state index contributed by atoms with van der Waals surface area (Å²) < 4.78 is 11.3. The van der Waals surface area contributed by atoms with E-state index in [0.29, 0.717) is 6.42 Å². The molecule has 83 heavy (non-hydrogen) atoms. The largest absolute Gasteiger partial charge is 0.394 e. The monoisotopic (exact) mass is 1170 g/mol. The van der Waals surface area contributed by atoms with Crippen LogP contribution in [0.1, 0.15) is 373 Å². The van der Waals surface area contributed by atoms with Gasteiger partial charge in [-0.3, -0.25) is 4.79 Å². The smallest absolute Gasteiger partial charge is 0.220 e. The molecule has 7 unspecified atom stereocenters. The zero-order valence-corrected chi connectivity index (χ0v) is 55.0. The molecule has 0 saturated carbocycles. The Balaban J connectivity index is 2.11. The van der Waals surface area contributed by atoms with Crippen LogP contribution in [0.3, 0.4) is 0 Å². The normalized spacial score (nSPS) is 18.4. The number of hydrogen-bond acceptors (Lipinski definition) is 8. The summed E-state index contributed by atoms with van der Waals surface area (Å²) in [6, 6.07) is -0.828. The first-order valence-electron chi connectivity index (χ1n) is 36.7. The van der Waals surface area contributed by atoms with Crippen LogP contribution in [0.25, 0.3) is 0 Å². The molecule has 1 rings (SSSR count). The lowest BCUT2D eigenvalue weighted by atomic mass is 9.99.